The van der Waals surface area contributed by atoms with Gasteiger partial charge in [-0.1, -0.05) is 78.2 Å². The van der Waals surface area contributed by atoms with Gasteiger partial charge in [-0.2, -0.15) is 0 Å². The van der Waals surface area contributed by atoms with Crippen LogP contribution in [0.1, 0.15) is 91.4 Å². The third-order valence-electron chi connectivity index (χ3n) is 4.30. The summed E-state index contributed by atoms with van der Waals surface area (Å²) in [4.78, 5) is 11.7. The Kier molecular flexibility index (Phi) is 13.3. The highest BCUT2D eigenvalue weighted by atomic mass is 16.1. The summed E-state index contributed by atoms with van der Waals surface area (Å²) in [5.41, 5.74) is 6.78. The van der Waals surface area contributed by atoms with E-state index in [1.54, 1.807) is 6.92 Å². The second-order valence-corrected chi connectivity index (χ2v) is 6.55. The maximum atomic E-state index is 11.7. The van der Waals surface area contributed by atoms with Crippen LogP contribution in [0.3, 0.4) is 0 Å². The first kappa shape index (κ1) is 21.2. The van der Waals surface area contributed by atoms with Crippen molar-refractivity contribution in [2.24, 2.45) is 5.73 Å². The van der Waals surface area contributed by atoms with E-state index in [1.165, 1.54) is 51.4 Å². The minimum absolute atomic E-state index is 0.0536. The molecule has 0 aromatic heterocycles. The Morgan fingerprint density at radius 1 is 1.00 bits per heavy atom. The molecule has 0 heterocycles. The highest BCUT2D eigenvalue weighted by Crippen LogP contribution is 2.12. The average Bonchev–Trinajstić information content (AvgIpc) is 2.50. The van der Waals surface area contributed by atoms with Gasteiger partial charge in [0.1, 0.15) is 0 Å². The fourth-order valence-corrected chi connectivity index (χ4v) is 2.70. The molecule has 0 rings (SSSR count). The van der Waals surface area contributed by atoms with Crippen molar-refractivity contribution in [2.75, 3.05) is 0 Å². The van der Waals surface area contributed by atoms with Crippen LogP contribution in [0.15, 0.2) is 12.2 Å². The maximum absolute atomic E-state index is 11.7. The lowest BCUT2D eigenvalue weighted by Gasteiger charge is -2.24. The smallest absolute Gasteiger partial charge is 0.246 e. The molecule has 0 aliphatic heterocycles. The quantitative estimate of drug-likeness (QED) is 0.361. The number of rotatable bonds is 14. The van der Waals surface area contributed by atoms with Gasteiger partial charge in [0, 0.05) is 17.7 Å². The van der Waals surface area contributed by atoms with Gasteiger partial charge in [-0.25, -0.2) is 0 Å². The van der Waals surface area contributed by atoms with E-state index in [1.807, 2.05) is 0 Å². The van der Waals surface area contributed by atoms with Crippen LogP contribution in [-0.4, -0.2) is 18.0 Å². The molecular weight excluding hydrogens is 272 g/mol. The molecule has 0 aromatic carbocycles. The number of nitrogens with two attached hydrogens (primary N) is 1. The predicted molar refractivity (Wildman–Crippen MR) is 96.9 cm³/mol. The van der Waals surface area contributed by atoms with Gasteiger partial charge in [-0.15, -0.1) is 0 Å². The molecule has 130 valence electrons. The van der Waals surface area contributed by atoms with E-state index in [9.17, 15) is 4.79 Å². The monoisotopic (exact) mass is 310 g/mol. The number of nitrogens with one attached hydrogen (secondary N) is 1. The highest BCUT2D eigenvalue weighted by molar-refractivity contribution is 5.92. The lowest BCUT2D eigenvalue weighted by atomic mass is 9.98. The van der Waals surface area contributed by atoms with Gasteiger partial charge in [0.25, 0.3) is 0 Å². The van der Waals surface area contributed by atoms with Crippen molar-refractivity contribution >= 4 is 5.91 Å². The summed E-state index contributed by atoms with van der Waals surface area (Å²) in [6.45, 7) is 9.73. The van der Waals surface area contributed by atoms with Crippen molar-refractivity contribution in [1.82, 2.24) is 5.32 Å². The molecule has 0 aliphatic rings. The molecule has 3 nitrogen and oxygen atoms in total. The second-order valence-electron chi connectivity index (χ2n) is 6.55. The molecule has 2 unspecified atom stereocenters. The molecule has 0 spiro atoms. The molecule has 3 N–H and O–H groups in total. The fourth-order valence-electron chi connectivity index (χ4n) is 2.70. The van der Waals surface area contributed by atoms with E-state index >= 15 is 0 Å². The van der Waals surface area contributed by atoms with Crippen LogP contribution in [0, 0.1) is 0 Å². The molecule has 0 aromatic rings. The zero-order chi connectivity index (χ0) is 16.8. The molecule has 0 saturated carbocycles. The Morgan fingerprint density at radius 2 is 1.50 bits per heavy atom. The molecule has 0 radical (unpaired) electrons. The van der Waals surface area contributed by atoms with E-state index in [-0.39, 0.29) is 18.0 Å². The number of carbonyl (C=O) groups excluding carboxylic acids is 1. The highest BCUT2D eigenvalue weighted by Gasteiger charge is 2.17. The number of amides is 1. The fraction of sp³-hybridized carbons (Fsp3) is 0.842. The first-order valence-corrected chi connectivity index (χ1v) is 9.24. The van der Waals surface area contributed by atoms with Crippen molar-refractivity contribution in [3.05, 3.63) is 12.2 Å². The van der Waals surface area contributed by atoms with E-state index in [2.05, 4.69) is 25.7 Å². The maximum Gasteiger partial charge on any atom is 0.246 e. The van der Waals surface area contributed by atoms with Crippen molar-refractivity contribution in [1.29, 1.82) is 0 Å². The third-order valence-corrected chi connectivity index (χ3v) is 4.30. The van der Waals surface area contributed by atoms with Crippen LogP contribution in [-0.2, 0) is 4.79 Å². The van der Waals surface area contributed by atoms with Crippen molar-refractivity contribution in [2.45, 2.75) is 103 Å². The van der Waals surface area contributed by atoms with E-state index < -0.39 is 0 Å². The van der Waals surface area contributed by atoms with E-state index in [4.69, 9.17) is 5.73 Å². The number of hydrogen-bond acceptors (Lipinski definition) is 2. The van der Waals surface area contributed by atoms with Crippen molar-refractivity contribution in [3.63, 3.8) is 0 Å². The lowest BCUT2D eigenvalue weighted by molar-refractivity contribution is -0.118. The number of hydrogen-bond donors (Lipinski definition) is 2. The average molecular weight is 311 g/mol. The van der Waals surface area contributed by atoms with Crippen LogP contribution >= 0.6 is 0 Å². The summed E-state index contributed by atoms with van der Waals surface area (Å²) in [6.07, 6.45) is 13.8. The van der Waals surface area contributed by atoms with Gasteiger partial charge in [0.15, 0.2) is 0 Å². The topological polar surface area (TPSA) is 55.1 Å². The second kappa shape index (κ2) is 13.8. The first-order chi connectivity index (χ1) is 10.5. The molecule has 0 bridgehead atoms. The van der Waals surface area contributed by atoms with Crippen LogP contribution < -0.4 is 11.1 Å². The summed E-state index contributed by atoms with van der Waals surface area (Å²) >= 11 is 0. The summed E-state index contributed by atoms with van der Waals surface area (Å²) < 4.78 is 0. The summed E-state index contributed by atoms with van der Waals surface area (Å²) in [7, 11) is 0. The van der Waals surface area contributed by atoms with Crippen LogP contribution in [0.5, 0.6) is 0 Å². The minimum atomic E-state index is -0.0746. The largest absolute Gasteiger partial charge is 0.348 e. The molecule has 22 heavy (non-hydrogen) atoms. The Morgan fingerprint density at radius 3 is 1.95 bits per heavy atom. The molecule has 0 aliphatic carbocycles. The predicted octanol–water partition coefficient (Wildman–Crippen LogP) is 4.71. The third kappa shape index (κ3) is 10.8. The molecule has 0 fully saturated rings. The van der Waals surface area contributed by atoms with Crippen molar-refractivity contribution in [3.8, 4) is 0 Å². The number of carbonyl (C=O) groups is 1. The van der Waals surface area contributed by atoms with Gasteiger partial charge >= 0.3 is 0 Å². The van der Waals surface area contributed by atoms with Gasteiger partial charge < -0.3 is 11.1 Å². The first-order valence-electron chi connectivity index (χ1n) is 9.24. The zero-order valence-electron chi connectivity index (χ0n) is 15.1. The molecule has 0 saturated heterocycles. The molecule has 1 amide bonds. The van der Waals surface area contributed by atoms with Crippen LogP contribution in [0.25, 0.3) is 0 Å². The normalized spacial score (nSPS) is 13.6. The van der Waals surface area contributed by atoms with Crippen molar-refractivity contribution < 1.29 is 4.79 Å². The molecule has 2 atom stereocenters. The van der Waals surface area contributed by atoms with Gasteiger partial charge in [0.05, 0.1) is 0 Å². The zero-order valence-corrected chi connectivity index (χ0v) is 15.1. The lowest BCUT2D eigenvalue weighted by Crippen LogP contribution is -2.47. The Bertz CT molecular complexity index is 302. The van der Waals surface area contributed by atoms with E-state index in [0.717, 1.165) is 19.3 Å². The van der Waals surface area contributed by atoms with Gasteiger partial charge in [0.2, 0.25) is 5.91 Å². The Labute approximate surface area is 138 Å². The molecule has 3 heteroatoms. The van der Waals surface area contributed by atoms with Crippen LogP contribution in [0.4, 0.5) is 0 Å². The van der Waals surface area contributed by atoms with Gasteiger partial charge in [-0.3, -0.25) is 4.79 Å². The summed E-state index contributed by atoms with van der Waals surface area (Å²) in [5.74, 6) is -0.0746. The molecular formula is C19H38N2O. The Hall–Kier alpha value is -0.830. The minimum Gasteiger partial charge on any atom is -0.348 e. The van der Waals surface area contributed by atoms with Gasteiger partial charge in [-0.05, 0) is 19.8 Å². The summed E-state index contributed by atoms with van der Waals surface area (Å²) in [5, 5.41) is 2.98. The summed E-state index contributed by atoms with van der Waals surface area (Å²) in [6, 6.07) is 0.121. The van der Waals surface area contributed by atoms with E-state index in [0.29, 0.717) is 5.57 Å². The van der Waals surface area contributed by atoms with Crippen LogP contribution in [0.2, 0.25) is 0 Å². The number of unbranched alkanes of at least 4 members (excludes halogenated alkanes) is 8. The SMILES string of the molecule is C=C(C)C(=O)NC(CC)C(N)CCCCCCCCCCC. The standard InChI is InChI=1S/C19H38N2O/c1-5-7-8-9-10-11-12-13-14-15-17(20)18(6-2)21-19(22)16(3)4/h17-18H,3,5-15,20H2,1-2,4H3,(H,21,22). The Balaban J connectivity index is 3.67.